The zero-order valence-corrected chi connectivity index (χ0v) is 10.9. The molecule has 0 radical (unpaired) electrons. The number of aliphatic hydroxyl groups excluding tert-OH is 1. The van der Waals surface area contributed by atoms with Crippen molar-refractivity contribution in [3.63, 3.8) is 0 Å². The van der Waals surface area contributed by atoms with Crippen LogP contribution in [0.2, 0.25) is 0 Å². The number of aliphatic hydroxyl groups is 1. The molecule has 0 aromatic heterocycles. The largest absolute Gasteiger partial charge is 0.393 e. The number of hydrogen-bond donors (Lipinski definition) is 1. The van der Waals surface area contributed by atoms with Crippen molar-refractivity contribution >= 4 is 0 Å². The van der Waals surface area contributed by atoms with E-state index in [2.05, 4.69) is 36.2 Å². The molecule has 2 nitrogen and oxygen atoms in total. The van der Waals surface area contributed by atoms with Crippen LogP contribution in [-0.4, -0.2) is 36.2 Å². The lowest BCUT2D eigenvalue weighted by Gasteiger charge is -2.30. The summed E-state index contributed by atoms with van der Waals surface area (Å²) < 4.78 is 0. The summed E-state index contributed by atoms with van der Waals surface area (Å²) in [6.45, 7) is 4.24. The highest BCUT2D eigenvalue weighted by atomic mass is 16.3. The number of piperidine rings is 1. The van der Waals surface area contributed by atoms with Gasteiger partial charge in [-0.25, -0.2) is 0 Å². The zero-order valence-electron chi connectivity index (χ0n) is 10.9. The Labute approximate surface area is 104 Å². The lowest BCUT2D eigenvalue weighted by atomic mass is 9.85. The van der Waals surface area contributed by atoms with Crippen molar-refractivity contribution in [1.82, 2.24) is 4.90 Å². The van der Waals surface area contributed by atoms with E-state index in [0.717, 1.165) is 6.42 Å². The van der Waals surface area contributed by atoms with E-state index < -0.39 is 0 Å². The van der Waals surface area contributed by atoms with E-state index in [-0.39, 0.29) is 6.10 Å². The van der Waals surface area contributed by atoms with Gasteiger partial charge in [0.05, 0.1) is 6.10 Å². The van der Waals surface area contributed by atoms with Gasteiger partial charge in [0.2, 0.25) is 0 Å². The van der Waals surface area contributed by atoms with Crippen LogP contribution in [0.1, 0.15) is 36.8 Å². The van der Waals surface area contributed by atoms with Crippen LogP contribution in [-0.2, 0) is 6.42 Å². The fraction of sp³-hybridized carbons (Fsp3) is 0.600. The summed E-state index contributed by atoms with van der Waals surface area (Å²) in [6, 6.07) is 8.61. The van der Waals surface area contributed by atoms with Gasteiger partial charge in [-0.05, 0) is 63.4 Å². The minimum absolute atomic E-state index is 0.248. The molecule has 17 heavy (non-hydrogen) atoms. The highest BCUT2D eigenvalue weighted by Crippen LogP contribution is 2.30. The van der Waals surface area contributed by atoms with Gasteiger partial charge in [0, 0.05) is 0 Å². The molecule has 1 atom stereocenters. The maximum Gasteiger partial charge on any atom is 0.0552 e. The summed E-state index contributed by atoms with van der Waals surface area (Å²) >= 11 is 0. The maximum absolute atomic E-state index is 9.56. The molecular formula is C15H23NO. The standard InChI is InChI=1S/C15H23NO/c1-12(17)11-14-5-3-4-6-15(14)13-7-9-16(2)10-8-13/h3-6,12-13,17H,7-11H2,1-2H3. The Bertz CT molecular complexity index is 354. The highest BCUT2D eigenvalue weighted by Gasteiger charge is 2.20. The second kappa shape index (κ2) is 5.65. The molecule has 0 amide bonds. The number of hydrogen-bond acceptors (Lipinski definition) is 2. The van der Waals surface area contributed by atoms with Crippen LogP contribution >= 0.6 is 0 Å². The van der Waals surface area contributed by atoms with Crippen LogP contribution in [0.15, 0.2) is 24.3 Å². The van der Waals surface area contributed by atoms with E-state index >= 15 is 0 Å². The molecule has 0 spiro atoms. The van der Waals surface area contributed by atoms with Gasteiger partial charge in [-0.3, -0.25) is 0 Å². The smallest absolute Gasteiger partial charge is 0.0552 e. The lowest BCUT2D eigenvalue weighted by Crippen LogP contribution is -2.29. The van der Waals surface area contributed by atoms with Gasteiger partial charge in [0.15, 0.2) is 0 Å². The first-order valence-electron chi connectivity index (χ1n) is 6.61. The predicted octanol–water partition coefficient (Wildman–Crippen LogP) is 2.42. The highest BCUT2D eigenvalue weighted by molar-refractivity contribution is 5.31. The van der Waals surface area contributed by atoms with Gasteiger partial charge in [0.1, 0.15) is 0 Å². The molecule has 1 unspecified atom stereocenters. The van der Waals surface area contributed by atoms with Crippen LogP contribution < -0.4 is 0 Å². The normalized spacial score (nSPS) is 20.4. The topological polar surface area (TPSA) is 23.5 Å². The Morgan fingerprint density at radius 3 is 2.59 bits per heavy atom. The van der Waals surface area contributed by atoms with Crippen molar-refractivity contribution in [2.45, 2.75) is 38.2 Å². The lowest BCUT2D eigenvalue weighted by molar-refractivity contribution is 0.194. The van der Waals surface area contributed by atoms with Gasteiger partial charge >= 0.3 is 0 Å². The summed E-state index contributed by atoms with van der Waals surface area (Å²) in [5, 5.41) is 9.56. The van der Waals surface area contributed by atoms with Gasteiger partial charge in [0.25, 0.3) is 0 Å². The Hall–Kier alpha value is -0.860. The minimum Gasteiger partial charge on any atom is -0.393 e. The Kier molecular flexibility index (Phi) is 4.19. The molecule has 1 aromatic carbocycles. The third-order valence-electron chi connectivity index (χ3n) is 3.73. The molecule has 1 aliphatic heterocycles. The molecule has 0 aliphatic carbocycles. The summed E-state index contributed by atoms with van der Waals surface area (Å²) in [4.78, 5) is 2.40. The van der Waals surface area contributed by atoms with Crippen molar-refractivity contribution < 1.29 is 5.11 Å². The number of nitrogens with zero attached hydrogens (tertiary/aromatic N) is 1. The molecule has 0 saturated carbocycles. The zero-order chi connectivity index (χ0) is 12.3. The van der Waals surface area contributed by atoms with Crippen molar-refractivity contribution in [2.24, 2.45) is 0 Å². The summed E-state index contributed by atoms with van der Waals surface area (Å²) in [5.74, 6) is 0.682. The Morgan fingerprint density at radius 2 is 1.94 bits per heavy atom. The Balaban J connectivity index is 2.14. The van der Waals surface area contributed by atoms with E-state index in [1.54, 1.807) is 0 Å². The fourth-order valence-electron chi connectivity index (χ4n) is 2.76. The van der Waals surface area contributed by atoms with E-state index in [4.69, 9.17) is 0 Å². The Morgan fingerprint density at radius 1 is 1.29 bits per heavy atom. The summed E-state index contributed by atoms with van der Waals surface area (Å²) in [7, 11) is 2.19. The minimum atomic E-state index is -0.248. The van der Waals surface area contributed by atoms with Crippen LogP contribution in [0.25, 0.3) is 0 Å². The number of likely N-dealkylation sites (tertiary alicyclic amines) is 1. The first-order valence-corrected chi connectivity index (χ1v) is 6.61. The van der Waals surface area contributed by atoms with Gasteiger partial charge in [-0.15, -0.1) is 0 Å². The first kappa shape index (κ1) is 12.6. The van der Waals surface area contributed by atoms with E-state index in [1.807, 2.05) is 6.92 Å². The molecule has 1 fully saturated rings. The first-order chi connectivity index (χ1) is 8.16. The molecule has 2 heteroatoms. The predicted molar refractivity (Wildman–Crippen MR) is 71.3 cm³/mol. The molecule has 1 aromatic rings. The second-order valence-electron chi connectivity index (χ2n) is 5.33. The molecule has 1 aliphatic rings. The number of rotatable bonds is 3. The molecule has 2 rings (SSSR count). The molecule has 1 N–H and O–H groups in total. The van der Waals surface area contributed by atoms with E-state index in [0.29, 0.717) is 5.92 Å². The monoisotopic (exact) mass is 233 g/mol. The van der Waals surface area contributed by atoms with Gasteiger partial charge in [-0.2, -0.15) is 0 Å². The molecular weight excluding hydrogens is 210 g/mol. The van der Waals surface area contributed by atoms with E-state index in [9.17, 15) is 5.11 Å². The van der Waals surface area contributed by atoms with Crippen molar-refractivity contribution in [2.75, 3.05) is 20.1 Å². The van der Waals surface area contributed by atoms with Crippen molar-refractivity contribution in [3.8, 4) is 0 Å². The summed E-state index contributed by atoms with van der Waals surface area (Å²) in [5.41, 5.74) is 2.79. The SMILES string of the molecule is CC(O)Cc1ccccc1C1CCN(C)CC1. The quantitative estimate of drug-likeness (QED) is 0.866. The average molecular weight is 233 g/mol. The van der Waals surface area contributed by atoms with E-state index in [1.165, 1.54) is 37.1 Å². The van der Waals surface area contributed by atoms with Crippen molar-refractivity contribution in [3.05, 3.63) is 35.4 Å². The van der Waals surface area contributed by atoms with Crippen LogP contribution in [0.4, 0.5) is 0 Å². The van der Waals surface area contributed by atoms with Gasteiger partial charge < -0.3 is 10.0 Å². The molecule has 94 valence electrons. The summed E-state index contributed by atoms with van der Waals surface area (Å²) in [6.07, 6.45) is 3.02. The van der Waals surface area contributed by atoms with Crippen LogP contribution in [0, 0.1) is 0 Å². The number of benzene rings is 1. The maximum atomic E-state index is 9.56. The fourth-order valence-corrected chi connectivity index (χ4v) is 2.76. The molecule has 1 heterocycles. The molecule has 0 bridgehead atoms. The average Bonchev–Trinajstić information content (AvgIpc) is 2.30. The van der Waals surface area contributed by atoms with Crippen LogP contribution in [0.3, 0.4) is 0 Å². The van der Waals surface area contributed by atoms with Gasteiger partial charge in [-0.1, -0.05) is 24.3 Å². The third-order valence-corrected chi connectivity index (χ3v) is 3.73. The molecule has 1 saturated heterocycles. The van der Waals surface area contributed by atoms with Crippen molar-refractivity contribution in [1.29, 1.82) is 0 Å². The second-order valence-corrected chi connectivity index (χ2v) is 5.33. The van der Waals surface area contributed by atoms with Crippen LogP contribution in [0.5, 0.6) is 0 Å². The third kappa shape index (κ3) is 3.30.